The molecule has 1 aromatic heterocycles. The second-order valence-electron chi connectivity index (χ2n) is 5.56. The maximum absolute atomic E-state index is 12.6. The number of alkyl halides is 3. The van der Waals surface area contributed by atoms with Gasteiger partial charge in [-0.1, -0.05) is 18.2 Å². The number of carbonyl (C=O) groups is 2. The maximum Gasteiger partial charge on any atom is 0.416 e. The Kier molecular flexibility index (Phi) is 5.84. The number of rotatable bonds is 5. The number of amides is 2. The van der Waals surface area contributed by atoms with E-state index in [2.05, 4.69) is 5.32 Å². The second-order valence-corrected chi connectivity index (χ2v) is 6.51. The zero-order valence-corrected chi connectivity index (χ0v) is 14.4. The first-order chi connectivity index (χ1) is 11.7. The van der Waals surface area contributed by atoms with E-state index in [1.54, 1.807) is 24.4 Å². The summed E-state index contributed by atoms with van der Waals surface area (Å²) in [7, 11) is 1.54. The van der Waals surface area contributed by atoms with Crippen LogP contribution in [0.4, 0.5) is 13.2 Å². The van der Waals surface area contributed by atoms with Gasteiger partial charge in [0.25, 0.3) is 5.91 Å². The molecule has 0 aliphatic rings. The van der Waals surface area contributed by atoms with Crippen LogP contribution in [0.1, 0.15) is 27.7 Å². The average molecular weight is 370 g/mol. The van der Waals surface area contributed by atoms with E-state index < -0.39 is 17.8 Å². The van der Waals surface area contributed by atoms with Crippen LogP contribution in [-0.4, -0.2) is 29.8 Å². The van der Waals surface area contributed by atoms with Gasteiger partial charge in [-0.3, -0.25) is 9.59 Å². The molecule has 8 heteroatoms. The first-order valence-electron chi connectivity index (χ1n) is 7.44. The lowest BCUT2D eigenvalue weighted by Gasteiger charge is -2.22. The van der Waals surface area contributed by atoms with Crippen LogP contribution < -0.4 is 5.32 Å². The Hall–Kier alpha value is -2.35. The van der Waals surface area contributed by atoms with Gasteiger partial charge in [-0.05, 0) is 36.1 Å². The van der Waals surface area contributed by atoms with Gasteiger partial charge in [0.15, 0.2) is 0 Å². The molecule has 134 valence electrons. The lowest BCUT2D eigenvalue weighted by atomic mass is 10.1. The molecule has 0 saturated carbocycles. The van der Waals surface area contributed by atoms with Gasteiger partial charge in [0.05, 0.1) is 10.4 Å². The van der Waals surface area contributed by atoms with Crippen molar-refractivity contribution in [2.45, 2.75) is 25.7 Å². The summed E-state index contributed by atoms with van der Waals surface area (Å²) in [6.45, 7) is 1.72. The molecule has 2 amide bonds. The molecule has 0 saturated heterocycles. The van der Waals surface area contributed by atoms with Gasteiger partial charge in [-0.2, -0.15) is 13.2 Å². The van der Waals surface area contributed by atoms with Crippen molar-refractivity contribution in [3.63, 3.8) is 0 Å². The molecule has 0 bridgehead atoms. The van der Waals surface area contributed by atoms with Crippen molar-refractivity contribution in [1.82, 2.24) is 10.2 Å². The lowest BCUT2D eigenvalue weighted by Crippen LogP contribution is -2.45. The van der Waals surface area contributed by atoms with E-state index in [0.29, 0.717) is 10.4 Å². The van der Waals surface area contributed by atoms with Gasteiger partial charge in [-0.15, -0.1) is 11.3 Å². The zero-order chi connectivity index (χ0) is 18.6. The van der Waals surface area contributed by atoms with E-state index in [0.717, 1.165) is 12.1 Å². The SMILES string of the molecule is CC(NC(=O)c1cccs1)C(=O)N(C)Cc1ccc(C(F)(F)F)cc1. The van der Waals surface area contributed by atoms with Gasteiger partial charge in [0.2, 0.25) is 5.91 Å². The minimum absolute atomic E-state index is 0.149. The van der Waals surface area contributed by atoms with Gasteiger partial charge < -0.3 is 10.2 Å². The molecule has 1 aromatic carbocycles. The van der Waals surface area contributed by atoms with E-state index in [1.165, 1.54) is 35.4 Å². The second kappa shape index (κ2) is 7.69. The number of hydrogen-bond donors (Lipinski definition) is 1. The number of thiophene rings is 1. The van der Waals surface area contributed by atoms with E-state index in [-0.39, 0.29) is 18.4 Å². The Balaban J connectivity index is 1.94. The highest BCUT2D eigenvalue weighted by Gasteiger charge is 2.30. The highest BCUT2D eigenvalue weighted by atomic mass is 32.1. The van der Waals surface area contributed by atoms with E-state index >= 15 is 0 Å². The van der Waals surface area contributed by atoms with Crippen LogP contribution in [-0.2, 0) is 17.5 Å². The topological polar surface area (TPSA) is 49.4 Å². The quantitative estimate of drug-likeness (QED) is 0.875. The standard InChI is InChI=1S/C17H17F3N2O2S/c1-11(21-15(23)14-4-3-9-25-14)16(24)22(2)10-12-5-7-13(8-6-12)17(18,19)20/h3-9,11H,10H2,1-2H3,(H,21,23). The minimum Gasteiger partial charge on any atom is -0.340 e. The Labute approximate surface area is 147 Å². The predicted molar refractivity (Wildman–Crippen MR) is 89.2 cm³/mol. The van der Waals surface area contributed by atoms with Crippen LogP contribution in [0.2, 0.25) is 0 Å². The van der Waals surface area contributed by atoms with Crippen LogP contribution in [0.5, 0.6) is 0 Å². The molecule has 2 aromatic rings. The number of benzene rings is 1. The largest absolute Gasteiger partial charge is 0.416 e. The Bertz CT molecular complexity index is 727. The molecule has 0 aliphatic heterocycles. The molecule has 1 heterocycles. The molecule has 4 nitrogen and oxygen atoms in total. The van der Waals surface area contributed by atoms with Gasteiger partial charge in [0, 0.05) is 13.6 Å². The van der Waals surface area contributed by atoms with Crippen molar-refractivity contribution in [2.24, 2.45) is 0 Å². The van der Waals surface area contributed by atoms with E-state index in [1.807, 2.05) is 0 Å². The minimum atomic E-state index is -4.39. The van der Waals surface area contributed by atoms with Crippen molar-refractivity contribution in [2.75, 3.05) is 7.05 Å². The summed E-state index contributed by atoms with van der Waals surface area (Å²) in [5.41, 5.74) is -0.164. The summed E-state index contributed by atoms with van der Waals surface area (Å²) < 4.78 is 37.7. The molecule has 0 spiro atoms. The van der Waals surface area contributed by atoms with Crippen molar-refractivity contribution < 1.29 is 22.8 Å². The van der Waals surface area contributed by atoms with Gasteiger partial charge >= 0.3 is 6.18 Å². The summed E-state index contributed by atoms with van der Waals surface area (Å²) in [6, 6.07) is 7.29. The maximum atomic E-state index is 12.6. The summed E-state index contributed by atoms with van der Waals surface area (Å²) in [4.78, 5) is 26.1. The Morgan fingerprint density at radius 2 is 1.84 bits per heavy atom. The first-order valence-corrected chi connectivity index (χ1v) is 8.32. The predicted octanol–water partition coefficient (Wildman–Crippen LogP) is 3.54. The molecule has 0 aliphatic carbocycles. The number of halogens is 3. The lowest BCUT2D eigenvalue weighted by molar-refractivity contribution is -0.137. The van der Waals surface area contributed by atoms with Crippen LogP contribution >= 0.6 is 11.3 Å². The zero-order valence-electron chi connectivity index (χ0n) is 13.6. The van der Waals surface area contributed by atoms with Crippen molar-refractivity contribution in [3.8, 4) is 0 Å². The van der Waals surface area contributed by atoms with Gasteiger partial charge in [-0.25, -0.2) is 0 Å². The highest BCUT2D eigenvalue weighted by molar-refractivity contribution is 7.12. The third-order valence-corrected chi connectivity index (χ3v) is 4.41. The Morgan fingerprint density at radius 3 is 2.36 bits per heavy atom. The first kappa shape index (κ1) is 19.0. The fourth-order valence-corrected chi connectivity index (χ4v) is 2.85. The smallest absolute Gasteiger partial charge is 0.340 e. The molecule has 1 unspecified atom stereocenters. The van der Waals surface area contributed by atoms with Crippen molar-refractivity contribution in [1.29, 1.82) is 0 Å². The fourth-order valence-electron chi connectivity index (χ4n) is 2.22. The van der Waals surface area contributed by atoms with Crippen LogP contribution in [0.15, 0.2) is 41.8 Å². The van der Waals surface area contributed by atoms with E-state index in [4.69, 9.17) is 0 Å². The number of nitrogens with zero attached hydrogens (tertiary/aromatic N) is 1. The van der Waals surface area contributed by atoms with Crippen molar-refractivity contribution in [3.05, 3.63) is 57.8 Å². The molecular formula is C17H17F3N2O2S. The van der Waals surface area contributed by atoms with Gasteiger partial charge in [0.1, 0.15) is 6.04 Å². The fraction of sp³-hybridized carbons (Fsp3) is 0.294. The molecule has 0 radical (unpaired) electrons. The molecule has 0 fully saturated rings. The van der Waals surface area contributed by atoms with Crippen LogP contribution in [0, 0.1) is 0 Å². The van der Waals surface area contributed by atoms with E-state index in [9.17, 15) is 22.8 Å². The number of nitrogens with one attached hydrogen (secondary N) is 1. The summed E-state index contributed by atoms with van der Waals surface area (Å²) in [6.07, 6.45) is -4.39. The number of likely N-dealkylation sites (N-methyl/N-ethyl adjacent to an activating group) is 1. The molecule has 1 N–H and O–H groups in total. The van der Waals surface area contributed by atoms with Crippen molar-refractivity contribution >= 4 is 23.2 Å². The normalized spacial score (nSPS) is 12.5. The number of hydrogen-bond acceptors (Lipinski definition) is 3. The highest BCUT2D eigenvalue weighted by Crippen LogP contribution is 2.29. The molecule has 25 heavy (non-hydrogen) atoms. The monoisotopic (exact) mass is 370 g/mol. The summed E-state index contributed by atoms with van der Waals surface area (Å²) >= 11 is 1.27. The molecule has 1 atom stereocenters. The third kappa shape index (κ3) is 5.06. The average Bonchev–Trinajstić information content (AvgIpc) is 3.08. The summed E-state index contributed by atoms with van der Waals surface area (Å²) in [5, 5.41) is 4.37. The van der Waals surface area contributed by atoms with Crippen LogP contribution in [0.25, 0.3) is 0 Å². The molecular weight excluding hydrogens is 353 g/mol. The molecule has 2 rings (SSSR count). The third-order valence-electron chi connectivity index (χ3n) is 3.54. The van der Waals surface area contributed by atoms with Crippen LogP contribution in [0.3, 0.4) is 0 Å². The number of carbonyl (C=O) groups excluding carboxylic acids is 2. The summed E-state index contributed by atoms with van der Waals surface area (Å²) in [5.74, 6) is -0.663. The Morgan fingerprint density at radius 1 is 1.20 bits per heavy atom.